The number of fused-ring (bicyclic) bond motifs is 6. The van der Waals surface area contributed by atoms with E-state index >= 15 is 0 Å². The predicted octanol–water partition coefficient (Wildman–Crippen LogP) is 3.78. The molecule has 0 N–H and O–H groups in total. The maximum atomic E-state index is 12.3. The molecule has 25 heavy (non-hydrogen) atoms. The Morgan fingerprint density at radius 1 is 1.00 bits per heavy atom. The van der Waals surface area contributed by atoms with Gasteiger partial charge in [0.1, 0.15) is 6.17 Å². The lowest BCUT2D eigenvalue weighted by atomic mass is 9.92. The van der Waals surface area contributed by atoms with Crippen LogP contribution in [0.1, 0.15) is 29.2 Å². The summed E-state index contributed by atoms with van der Waals surface area (Å²) in [5.41, 5.74) is 7.63. The zero-order valence-corrected chi connectivity index (χ0v) is 15.2. The van der Waals surface area contributed by atoms with Gasteiger partial charge in [0.05, 0.1) is 13.0 Å². The number of aryl methyl sites for hydroxylation is 2. The molecule has 0 saturated heterocycles. The number of hydrogen-bond donors (Lipinski definition) is 0. The van der Waals surface area contributed by atoms with Crippen LogP contribution in [0.5, 0.6) is 0 Å². The number of rotatable bonds is 2. The van der Waals surface area contributed by atoms with E-state index in [2.05, 4.69) is 60.0 Å². The zero-order chi connectivity index (χ0) is 17.7. The van der Waals surface area contributed by atoms with Gasteiger partial charge in [0.2, 0.25) is 0 Å². The van der Waals surface area contributed by atoms with E-state index in [-0.39, 0.29) is 18.1 Å². The lowest BCUT2D eigenvalue weighted by Gasteiger charge is -2.53. The Labute approximate surface area is 149 Å². The summed E-state index contributed by atoms with van der Waals surface area (Å²) in [6.45, 7) is 7.85. The van der Waals surface area contributed by atoms with E-state index in [1.54, 1.807) is 0 Å². The number of hydrogen-bond acceptors (Lipinski definition) is 4. The molecule has 0 aliphatic carbocycles. The molecular weight excluding hydrogens is 312 g/mol. The molecule has 2 heterocycles. The second kappa shape index (κ2) is 5.80. The smallest absolute Gasteiger partial charge is 0.312 e. The Hall–Kier alpha value is -2.49. The minimum Gasteiger partial charge on any atom is -0.469 e. The van der Waals surface area contributed by atoms with E-state index in [1.807, 2.05) is 6.92 Å². The fraction of sp³-hybridized carbons (Fsp3) is 0.381. The standard InChI is InChI=1S/C21H24N2O2/c1-13-5-7-18-16(9-13)11-22-19-8-6-14(2)10-17(19)12-23(18)20(22)15(3)21(24)25-4/h5-10,15,20H,11-12H2,1-4H3. The van der Waals surface area contributed by atoms with Gasteiger partial charge in [0, 0.05) is 24.5 Å². The third-order valence-electron chi connectivity index (χ3n) is 5.43. The second-order valence-electron chi connectivity index (χ2n) is 7.25. The SMILES string of the molecule is COC(=O)C(C)C1N2Cc3cc(C)ccc3N1Cc1cc(C)ccc12. The summed E-state index contributed by atoms with van der Waals surface area (Å²) < 4.78 is 5.05. The maximum absolute atomic E-state index is 12.3. The van der Waals surface area contributed by atoms with E-state index in [0.717, 1.165) is 13.1 Å². The molecule has 2 aliphatic rings. The highest BCUT2D eigenvalue weighted by Crippen LogP contribution is 2.43. The monoisotopic (exact) mass is 336 g/mol. The van der Waals surface area contributed by atoms with Crippen molar-refractivity contribution in [2.45, 2.75) is 40.0 Å². The maximum Gasteiger partial charge on any atom is 0.312 e. The van der Waals surface area contributed by atoms with Crippen molar-refractivity contribution in [2.24, 2.45) is 5.92 Å². The van der Waals surface area contributed by atoms with Crippen LogP contribution in [-0.4, -0.2) is 19.2 Å². The molecule has 0 saturated carbocycles. The lowest BCUT2D eigenvalue weighted by Crippen LogP contribution is -2.59. The van der Waals surface area contributed by atoms with E-state index in [4.69, 9.17) is 4.74 Å². The molecule has 2 aromatic rings. The Morgan fingerprint density at radius 3 is 1.92 bits per heavy atom. The van der Waals surface area contributed by atoms with Crippen LogP contribution in [-0.2, 0) is 22.6 Å². The molecule has 2 bridgehead atoms. The molecule has 0 radical (unpaired) electrons. The van der Waals surface area contributed by atoms with E-state index in [1.165, 1.54) is 40.7 Å². The van der Waals surface area contributed by atoms with Crippen molar-refractivity contribution in [3.8, 4) is 0 Å². The third-order valence-corrected chi connectivity index (χ3v) is 5.43. The molecule has 2 aromatic carbocycles. The first-order chi connectivity index (χ1) is 12.0. The lowest BCUT2D eigenvalue weighted by molar-refractivity contribution is -0.145. The van der Waals surface area contributed by atoms with E-state index in [0.29, 0.717) is 0 Å². The van der Waals surface area contributed by atoms with Gasteiger partial charge >= 0.3 is 5.97 Å². The molecule has 0 amide bonds. The topological polar surface area (TPSA) is 32.8 Å². The summed E-state index contributed by atoms with van der Waals surface area (Å²) in [7, 11) is 1.47. The summed E-state index contributed by atoms with van der Waals surface area (Å²) in [5, 5.41) is 0. The first-order valence-corrected chi connectivity index (χ1v) is 8.80. The van der Waals surface area contributed by atoms with Crippen molar-refractivity contribution in [3.63, 3.8) is 0 Å². The van der Waals surface area contributed by atoms with Crippen molar-refractivity contribution < 1.29 is 9.53 Å². The fourth-order valence-electron chi connectivity index (χ4n) is 4.27. The van der Waals surface area contributed by atoms with Crippen LogP contribution in [0.2, 0.25) is 0 Å². The molecule has 0 spiro atoms. The molecule has 4 rings (SSSR count). The van der Waals surface area contributed by atoms with Gasteiger partial charge in [-0.3, -0.25) is 4.79 Å². The normalized spacial score (nSPS) is 17.0. The van der Waals surface area contributed by atoms with Crippen LogP contribution in [0.3, 0.4) is 0 Å². The number of carbonyl (C=O) groups is 1. The quantitative estimate of drug-likeness (QED) is 0.782. The average molecular weight is 336 g/mol. The number of nitrogens with zero attached hydrogens (tertiary/aromatic N) is 2. The number of carbonyl (C=O) groups excluding carboxylic acids is 1. The Kier molecular flexibility index (Phi) is 3.71. The Bertz CT molecular complexity index is 786. The van der Waals surface area contributed by atoms with Crippen molar-refractivity contribution in [2.75, 3.05) is 16.9 Å². The molecule has 4 heteroatoms. The molecular formula is C21H24N2O2. The second-order valence-corrected chi connectivity index (χ2v) is 7.25. The van der Waals surface area contributed by atoms with Gasteiger partial charge in [-0.2, -0.15) is 0 Å². The highest BCUT2D eigenvalue weighted by Gasteiger charge is 2.43. The van der Waals surface area contributed by atoms with Gasteiger partial charge in [-0.1, -0.05) is 35.4 Å². The Morgan fingerprint density at radius 2 is 1.48 bits per heavy atom. The number of esters is 1. The minimum absolute atomic E-state index is 0.0159. The van der Waals surface area contributed by atoms with Crippen LogP contribution in [0, 0.1) is 19.8 Å². The molecule has 2 aliphatic heterocycles. The van der Waals surface area contributed by atoms with Crippen molar-refractivity contribution in [1.82, 2.24) is 0 Å². The van der Waals surface area contributed by atoms with Crippen molar-refractivity contribution in [3.05, 3.63) is 58.7 Å². The van der Waals surface area contributed by atoms with Crippen molar-refractivity contribution >= 4 is 17.3 Å². The highest BCUT2D eigenvalue weighted by molar-refractivity contribution is 5.78. The minimum atomic E-state index is -0.228. The van der Waals surface area contributed by atoms with Crippen LogP contribution < -0.4 is 9.80 Å². The van der Waals surface area contributed by atoms with Gasteiger partial charge in [-0.15, -0.1) is 0 Å². The molecule has 1 unspecified atom stereocenters. The zero-order valence-electron chi connectivity index (χ0n) is 15.2. The summed E-state index contributed by atoms with van der Waals surface area (Å²) in [4.78, 5) is 17.0. The average Bonchev–Trinajstić information content (AvgIpc) is 2.59. The van der Waals surface area contributed by atoms with Gasteiger partial charge in [-0.05, 0) is 44.0 Å². The van der Waals surface area contributed by atoms with Crippen LogP contribution in [0.15, 0.2) is 36.4 Å². The third kappa shape index (κ3) is 2.48. The largest absolute Gasteiger partial charge is 0.469 e. The molecule has 4 nitrogen and oxygen atoms in total. The molecule has 0 aromatic heterocycles. The molecule has 0 fully saturated rings. The van der Waals surface area contributed by atoms with Gasteiger partial charge in [-0.25, -0.2) is 0 Å². The van der Waals surface area contributed by atoms with Gasteiger partial charge in [0.15, 0.2) is 0 Å². The summed E-state index contributed by atoms with van der Waals surface area (Å²) >= 11 is 0. The first-order valence-electron chi connectivity index (χ1n) is 8.80. The number of anilines is 2. The van der Waals surface area contributed by atoms with Crippen LogP contribution >= 0.6 is 0 Å². The van der Waals surface area contributed by atoms with Crippen LogP contribution in [0.25, 0.3) is 0 Å². The van der Waals surface area contributed by atoms with Crippen molar-refractivity contribution in [1.29, 1.82) is 0 Å². The fourth-order valence-corrected chi connectivity index (χ4v) is 4.27. The van der Waals surface area contributed by atoms with Gasteiger partial charge in [0.25, 0.3) is 0 Å². The summed E-state index contributed by atoms with van der Waals surface area (Å²) in [5.74, 6) is -0.389. The number of benzene rings is 2. The number of ether oxygens (including phenoxy) is 1. The summed E-state index contributed by atoms with van der Waals surface area (Å²) in [6, 6.07) is 13.2. The Balaban J connectivity index is 1.86. The molecule has 1 atom stereocenters. The number of methoxy groups -OCH3 is 1. The van der Waals surface area contributed by atoms with Crippen LogP contribution in [0.4, 0.5) is 11.4 Å². The molecule has 130 valence electrons. The highest BCUT2D eigenvalue weighted by atomic mass is 16.5. The summed E-state index contributed by atoms with van der Waals surface area (Å²) in [6.07, 6.45) is -0.0159. The van der Waals surface area contributed by atoms with E-state index < -0.39 is 0 Å². The predicted molar refractivity (Wildman–Crippen MR) is 99.7 cm³/mol. The van der Waals surface area contributed by atoms with Gasteiger partial charge < -0.3 is 14.5 Å². The first kappa shape index (κ1) is 16.0. The van der Waals surface area contributed by atoms with E-state index in [9.17, 15) is 4.79 Å².